The van der Waals surface area contributed by atoms with Crippen LogP contribution in [0.5, 0.6) is 0 Å². The van der Waals surface area contributed by atoms with Crippen molar-refractivity contribution in [2.75, 3.05) is 0 Å². The number of aromatic amines is 1. The average molecular weight is 342 g/mol. The second kappa shape index (κ2) is 5.23. The number of rotatable bonds is 2. The quantitative estimate of drug-likeness (QED) is 0.727. The summed E-state index contributed by atoms with van der Waals surface area (Å²) < 4.78 is 24.3. The molecule has 0 radical (unpaired) electrons. The first-order chi connectivity index (χ1) is 11.4. The van der Waals surface area contributed by atoms with Gasteiger partial charge in [0.2, 0.25) is 5.56 Å². The van der Waals surface area contributed by atoms with Crippen molar-refractivity contribution in [2.24, 2.45) is 5.14 Å². The molecule has 24 heavy (non-hydrogen) atoms. The van der Waals surface area contributed by atoms with Crippen LogP contribution in [-0.2, 0) is 23.3 Å². The number of H-pyrrole nitrogens is 1. The SMILES string of the molecule is NS(=O)(=O)N1Cc2ccc(-c3ccnc4[nH]c(=O)ccc34)cc2C1. The van der Waals surface area contributed by atoms with E-state index < -0.39 is 10.2 Å². The predicted molar refractivity (Wildman–Crippen MR) is 90.2 cm³/mol. The minimum Gasteiger partial charge on any atom is -0.307 e. The van der Waals surface area contributed by atoms with Crippen molar-refractivity contribution < 1.29 is 8.42 Å². The zero-order valence-corrected chi connectivity index (χ0v) is 13.4. The van der Waals surface area contributed by atoms with Gasteiger partial charge in [0, 0.05) is 30.7 Å². The van der Waals surface area contributed by atoms with Gasteiger partial charge in [-0.1, -0.05) is 12.1 Å². The van der Waals surface area contributed by atoms with Gasteiger partial charge in [-0.15, -0.1) is 0 Å². The maximum atomic E-state index is 11.5. The Morgan fingerprint density at radius 3 is 2.67 bits per heavy atom. The van der Waals surface area contributed by atoms with Gasteiger partial charge in [0.15, 0.2) is 0 Å². The van der Waals surface area contributed by atoms with Crippen LogP contribution in [0.3, 0.4) is 0 Å². The number of fused-ring (bicyclic) bond motifs is 2. The Labute approximate surface area is 137 Å². The van der Waals surface area contributed by atoms with Gasteiger partial charge in [0.25, 0.3) is 10.2 Å². The third-order valence-electron chi connectivity index (χ3n) is 4.20. The van der Waals surface area contributed by atoms with Crippen molar-refractivity contribution in [1.82, 2.24) is 14.3 Å². The largest absolute Gasteiger partial charge is 0.307 e. The predicted octanol–water partition coefficient (Wildman–Crippen LogP) is 1.11. The van der Waals surface area contributed by atoms with E-state index in [1.54, 1.807) is 12.3 Å². The topological polar surface area (TPSA) is 109 Å². The molecule has 4 rings (SSSR count). The Morgan fingerprint density at radius 1 is 1.08 bits per heavy atom. The molecular weight excluding hydrogens is 328 g/mol. The van der Waals surface area contributed by atoms with Gasteiger partial charge in [-0.05, 0) is 40.5 Å². The highest BCUT2D eigenvalue weighted by Crippen LogP contribution is 2.31. The molecule has 2 aromatic heterocycles. The lowest BCUT2D eigenvalue weighted by molar-refractivity contribution is 0.432. The number of nitrogens with two attached hydrogens (primary N) is 1. The van der Waals surface area contributed by atoms with Gasteiger partial charge >= 0.3 is 0 Å². The summed E-state index contributed by atoms with van der Waals surface area (Å²) in [5, 5.41) is 6.05. The molecule has 3 aromatic rings. The van der Waals surface area contributed by atoms with Crippen LogP contribution in [0.1, 0.15) is 11.1 Å². The van der Waals surface area contributed by atoms with Gasteiger partial charge < -0.3 is 4.98 Å². The smallest absolute Gasteiger partial charge is 0.277 e. The fourth-order valence-electron chi connectivity index (χ4n) is 3.02. The van der Waals surface area contributed by atoms with E-state index in [1.165, 1.54) is 10.4 Å². The maximum absolute atomic E-state index is 11.5. The minimum atomic E-state index is -3.70. The fraction of sp³-hybridized carbons (Fsp3) is 0.125. The molecule has 0 bridgehead atoms. The van der Waals surface area contributed by atoms with Crippen molar-refractivity contribution in [1.29, 1.82) is 0 Å². The molecule has 1 aromatic carbocycles. The maximum Gasteiger partial charge on any atom is 0.277 e. The Bertz CT molecular complexity index is 1120. The second-order valence-electron chi connectivity index (χ2n) is 5.74. The Hall–Kier alpha value is -2.55. The van der Waals surface area contributed by atoms with Gasteiger partial charge in [-0.3, -0.25) is 4.79 Å². The molecule has 1 aliphatic heterocycles. The highest BCUT2D eigenvalue weighted by atomic mass is 32.2. The van der Waals surface area contributed by atoms with E-state index in [0.29, 0.717) is 12.2 Å². The third kappa shape index (κ3) is 2.50. The van der Waals surface area contributed by atoms with Crippen LogP contribution >= 0.6 is 0 Å². The van der Waals surface area contributed by atoms with Gasteiger partial charge in [0.1, 0.15) is 5.65 Å². The molecule has 0 unspecified atom stereocenters. The number of hydrogen-bond acceptors (Lipinski definition) is 4. The molecular formula is C16H14N4O3S. The Morgan fingerprint density at radius 2 is 1.88 bits per heavy atom. The van der Waals surface area contributed by atoms with Gasteiger partial charge in [-0.2, -0.15) is 12.7 Å². The van der Waals surface area contributed by atoms with E-state index in [-0.39, 0.29) is 12.1 Å². The molecule has 0 atom stereocenters. The summed E-state index contributed by atoms with van der Waals surface area (Å²) in [6.07, 6.45) is 1.64. The first-order valence-electron chi connectivity index (χ1n) is 7.30. The number of hydrogen-bond donors (Lipinski definition) is 2. The highest BCUT2D eigenvalue weighted by Gasteiger charge is 2.26. The summed E-state index contributed by atoms with van der Waals surface area (Å²) in [5.41, 5.74) is 4.05. The summed E-state index contributed by atoms with van der Waals surface area (Å²) in [4.78, 5) is 18.3. The highest BCUT2D eigenvalue weighted by molar-refractivity contribution is 7.86. The molecule has 0 spiro atoms. The van der Waals surface area contributed by atoms with Gasteiger partial charge in [-0.25, -0.2) is 10.1 Å². The lowest BCUT2D eigenvalue weighted by atomic mass is 9.99. The van der Waals surface area contributed by atoms with Crippen LogP contribution in [0.25, 0.3) is 22.2 Å². The van der Waals surface area contributed by atoms with Crippen molar-refractivity contribution in [2.45, 2.75) is 13.1 Å². The molecule has 0 saturated heterocycles. The molecule has 1 aliphatic rings. The summed E-state index contributed by atoms with van der Waals surface area (Å²) in [6, 6.07) is 10.9. The molecule has 0 aliphatic carbocycles. The van der Waals surface area contributed by atoms with E-state index >= 15 is 0 Å². The summed E-state index contributed by atoms with van der Waals surface area (Å²) in [5.74, 6) is 0. The summed E-state index contributed by atoms with van der Waals surface area (Å²) in [6.45, 7) is 0.556. The first kappa shape index (κ1) is 15.0. The van der Waals surface area contributed by atoms with Crippen LogP contribution in [0.2, 0.25) is 0 Å². The van der Waals surface area contributed by atoms with Crippen molar-refractivity contribution >= 4 is 21.2 Å². The lowest BCUT2D eigenvalue weighted by Crippen LogP contribution is -2.32. The van der Waals surface area contributed by atoms with Crippen LogP contribution in [0.15, 0.2) is 47.4 Å². The van der Waals surface area contributed by atoms with Gasteiger partial charge in [0.05, 0.1) is 0 Å². The molecule has 7 nitrogen and oxygen atoms in total. The standard InChI is InChI=1S/C16H14N4O3S/c17-24(22,23)20-8-11-2-1-10(7-12(11)9-20)13-5-6-18-16-14(13)3-4-15(21)19-16/h1-7H,8-9H2,(H2,17,22,23)(H,18,19,21). The molecule has 0 amide bonds. The van der Waals surface area contributed by atoms with E-state index in [0.717, 1.165) is 27.6 Å². The van der Waals surface area contributed by atoms with Crippen molar-refractivity contribution in [3.05, 3.63) is 64.1 Å². The normalized spacial score (nSPS) is 14.9. The monoisotopic (exact) mass is 342 g/mol. The molecule has 3 heterocycles. The van der Waals surface area contributed by atoms with E-state index in [1.807, 2.05) is 24.3 Å². The Balaban J connectivity index is 1.82. The molecule has 8 heteroatoms. The summed E-state index contributed by atoms with van der Waals surface area (Å²) in [7, 11) is -3.70. The van der Waals surface area contributed by atoms with E-state index in [2.05, 4.69) is 9.97 Å². The average Bonchev–Trinajstić information content (AvgIpc) is 2.97. The second-order valence-corrected chi connectivity index (χ2v) is 7.29. The van der Waals surface area contributed by atoms with E-state index in [4.69, 9.17) is 5.14 Å². The third-order valence-corrected chi connectivity index (χ3v) is 5.18. The van der Waals surface area contributed by atoms with Crippen LogP contribution in [-0.4, -0.2) is 22.7 Å². The molecule has 3 N–H and O–H groups in total. The van der Waals surface area contributed by atoms with E-state index in [9.17, 15) is 13.2 Å². The number of nitrogens with one attached hydrogen (secondary N) is 1. The Kier molecular flexibility index (Phi) is 3.27. The fourth-order valence-corrected chi connectivity index (χ4v) is 3.66. The molecule has 122 valence electrons. The number of aromatic nitrogens is 2. The number of pyridine rings is 2. The zero-order valence-electron chi connectivity index (χ0n) is 12.6. The molecule has 0 saturated carbocycles. The number of benzene rings is 1. The minimum absolute atomic E-state index is 0.204. The summed E-state index contributed by atoms with van der Waals surface area (Å²) >= 11 is 0. The molecule has 0 fully saturated rings. The number of nitrogens with zero attached hydrogens (tertiary/aromatic N) is 2. The van der Waals surface area contributed by atoms with Crippen LogP contribution < -0.4 is 10.7 Å². The van der Waals surface area contributed by atoms with Crippen molar-refractivity contribution in [3.63, 3.8) is 0 Å². The first-order valence-corrected chi connectivity index (χ1v) is 8.80. The zero-order chi connectivity index (χ0) is 16.9. The van der Waals surface area contributed by atoms with Crippen LogP contribution in [0.4, 0.5) is 0 Å². The lowest BCUT2D eigenvalue weighted by Gasteiger charge is -2.10. The van der Waals surface area contributed by atoms with Crippen molar-refractivity contribution in [3.8, 4) is 11.1 Å². The van der Waals surface area contributed by atoms with Crippen LogP contribution in [0, 0.1) is 0 Å².